The Balaban J connectivity index is 1.97. The van der Waals surface area contributed by atoms with Crippen LogP contribution in [-0.2, 0) is 9.53 Å². The smallest absolute Gasteiger partial charge is 0.307 e. The fourth-order valence-corrected chi connectivity index (χ4v) is 3.66. The second kappa shape index (κ2) is 9.33. The molecule has 1 aliphatic carbocycles. The standard InChI is InChI=1S/C21H33NO4/c1-15(23)18-14-25-20(22-18)17(13-19(24)26-21(2,3)4)12-8-11-16-9-6-5-7-10-16/h14,16-17H,5-13H2,1-4H3/t17-/m1/s1. The average Bonchev–Trinajstić information content (AvgIpc) is 3.03. The summed E-state index contributed by atoms with van der Waals surface area (Å²) in [6, 6.07) is 0. The van der Waals surface area contributed by atoms with Crippen molar-refractivity contribution in [1.29, 1.82) is 0 Å². The van der Waals surface area contributed by atoms with Gasteiger partial charge >= 0.3 is 5.97 Å². The molecule has 0 saturated heterocycles. The highest BCUT2D eigenvalue weighted by Gasteiger charge is 2.26. The Morgan fingerprint density at radius 1 is 1.27 bits per heavy atom. The van der Waals surface area contributed by atoms with Crippen molar-refractivity contribution in [2.75, 3.05) is 0 Å². The molecule has 0 aromatic carbocycles. The van der Waals surface area contributed by atoms with Gasteiger partial charge in [0.25, 0.3) is 0 Å². The van der Waals surface area contributed by atoms with Crippen molar-refractivity contribution in [3.63, 3.8) is 0 Å². The van der Waals surface area contributed by atoms with Gasteiger partial charge in [-0.05, 0) is 33.1 Å². The number of esters is 1. The van der Waals surface area contributed by atoms with E-state index >= 15 is 0 Å². The van der Waals surface area contributed by atoms with Crippen LogP contribution in [0.2, 0.25) is 0 Å². The molecule has 0 bridgehead atoms. The number of Topliss-reactive ketones (excluding diaryl/α,β-unsaturated/α-hetero) is 1. The topological polar surface area (TPSA) is 69.4 Å². The Labute approximate surface area is 156 Å². The Morgan fingerprint density at radius 2 is 1.96 bits per heavy atom. The number of ether oxygens (including phenoxy) is 1. The highest BCUT2D eigenvalue weighted by molar-refractivity contribution is 5.91. The van der Waals surface area contributed by atoms with E-state index in [9.17, 15) is 9.59 Å². The maximum Gasteiger partial charge on any atom is 0.307 e. The number of rotatable bonds is 8. The zero-order valence-corrected chi connectivity index (χ0v) is 16.7. The largest absolute Gasteiger partial charge is 0.460 e. The lowest BCUT2D eigenvalue weighted by molar-refractivity contribution is -0.155. The van der Waals surface area contributed by atoms with Crippen LogP contribution in [0.25, 0.3) is 0 Å². The van der Waals surface area contributed by atoms with Crippen LogP contribution >= 0.6 is 0 Å². The minimum atomic E-state index is -0.509. The first-order valence-corrected chi connectivity index (χ1v) is 9.93. The van der Waals surface area contributed by atoms with Gasteiger partial charge in [-0.3, -0.25) is 9.59 Å². The highest BCUT2D eigenvalue weighted by Crippen LogP contribution is 2.31. The van der Waals surface area contributed by atoms with Crippen LogP contribution in [0.5, 0.6) is 0 Å². The molecule has 2 rings (SSSR count). The number of oxazole rings is 1. The molecule has 5 nitrogen and oxygen atoms in total. The number of nitrogens with zero attached hydrogens (tertiary/aromatic N) is 1. The van der Waals surface area contributed by atoms with Gasteiger partial charge < -0.3 is 9.15 Å². The van der Waals surface area contributed by atoms with E-state index in [4.69, 9.17) is 9.15 Å². The van der Waals surface area contributed by atoms with Crippen LogP contribution in [0.1, 0.15) is 108 Å². The lowest BCUT2D eigenvalue weighted by atomic mass is 9.84. The van der Waals surface area contributed by atoms with Gasteiger partial charge in [-0.1, -0.05) is 44.9 Å². The Hall–Kier alpha value is -1.65. The first-order valence-electron chi connectivity index (χ1n) is 9.93. The molecule has 1 fully saturated rings. The zero-order chi connectivity index (χ0) is 19.2. The predicted molar refractivity (Wildman–Crippen MR) is 100 cm³/mol. The van der Waals surface area contributed by atoms with Gasteiger partial charge in [0.05, 0.1) is 6.42 Å². The maximum absolute atomic E-state index is 12.3. The molecule has 0 amide bonds. The third kappa shape index (κ3) is 6.93. The van der Waals surface area contributed by atoms with Crippen molar-refractivity contribution in [1.82, 2.24) is 4.98 Å². The van der Waals surface area contributed by atoms with Gasteiger partial charge in [0, 0.05) is 12.8 Å². The van der Waals surface area contributed by atoms with Gasteiger partial charge in [-0.25, -0.2) is 4.98 Å². The van der Waals surface area contributed by atoms with Crippen LogP contribution in [0, 0.1) is 5.92 Å². The van der Waals surface area contributed by atoms with Crippen molar-refractivity contribution in [2.45, 2.75) is 97.0 Å². The fourth-order valence-electron chi connectivity index (χ4n) is 3.66. The van der Waals surface area contributed by atoms with Gasteiger partial charge in [0.15, 0.2) is 11.7 Å². The fraction of sp³-hybridized carbons (Fsp3) is 0.762. The van der Waals surface area contributed by atoms with Crippen LogP contribution in [0.4, 0.5) is 0 Å². The van der Waals surface area contributed by atoms with Crippen LogP contribution in [0.3, 0.4) is 0 Å². The highest BCUT2D eigenvalue weighted by atomic mass is 16.6. The summed E-state index contributed by atoms with van der Waals surface area (Å²) in [6.45, 7) is 7.06. The Bertz CT molecular complexity index is 593. The third-order valence-corrected chi connectivity index (χ3v) is 4.95. The normalized spacial score (nSPS) is 17.1. The molecule has 1 aromatic heterocycles. The van der Waals surface area contributed by atoms with E-state index < -0.39 is 5.60 Å². The number of hydrogen-bond acceptors (Lipinski definition) is 5. The van der Waals surface area contributed by atoms with E-state index in [1.807, 2.05) is 20.8 Å². The van der Waals surface area contributed by atoms with Gasteiger partial charge in [0.2, 0.25) is 0 Å². The van der Waals surface area contributed by atoms with E-state index in [0.29, 0.717) is 11.6 Å². The quantitative estimate of drug-likeness (QED) is 0.454. The van der Waals surface area contributed by atoms with Crippen molar-refractivity contribution in [2.24, 2.45) is 5.92 Å². The summed E-state index contributed by atoms with van der Waals surface area (Å²) in [6.07, 6.45) is 11.4. The van der Waals surface area contributed by atoms with E-state index in [0.717, 1.165) is 18.8 Å². The molecule has 1 saturated carbocycles. The van der Waals surface area contributed by atoms with Gasteiger partial charge in [0.1, 0.15) is 17.6 Å². The minimum Gasteiger partial charge on any atom is -0.460 e. The summed E-state index contributed by atoms with van der Waals surface area (Å²) >= 11 is 0. The molecule has 0 radical (unpaired) electrons. The molecule has 0 spiro atoms. The molecule has 26 heavy (non-hydrogen) atoms. The Morgan fingerprint density at radius 3 is 2.54 bits per heavy atom. The van der Waals surface area contributed by atoms with Crippen molar-refractivity contribution >= 4 is 11.8 Å². The molecule has 0 unspecified atom stereocenters. The second-order valence-corrected chi connectivity index (χ2v) is 8.55. The molecule has 0 aliphatic heterocycles. The molecule has 5 heteroatoms. The lowest BCUT2D eigenvalue weighted by Crippen LogP contribution is -2.25. The number of carbonyl (C=O) groups is 2. The van der Waals surface area contributed by atoms with Crippen molar-refractivity contribution < 1.29 is 18.7 Å². The summed E-state index contributed by atoms with van der Waals surface area (Å²) in [5.41, 5.74) is -0.188. The van der Waals surface area contributed by atoms with Crippen molar-refractivity contribution in [3.05, 3.63) is 17.8 Å². The van der Waals surface area contributed by atoms with E-state index in [1.54, 1.807) is 0 Å². The van der Waals surface area contributed by atoms with Gasteiger partial charge in [-0.2, -0.15) is 0 Å². The molecule has 1 atom stereocenters. The molecule has 1 heterocycles. The second-order valence-electron chi connectivity index (χ2n) is 8.55. The Kier molecular flexibility index (Phi) is 7.42. The zero-order valence-electron chi connectivity index (χ0n) is 16.7. The molecular weight excluding hydrogens is 330 g/mol. The van der Waals surface area contributed by atoms with E-state index in [1.165, 1.54) is 51.7 Å². The summed E-state index contributed by atoms with van der Waals surface area (Å²) < 4.78 is 11.0. The van der Waals surface area contributed by atoms with Crippen LogP contribution < -0.4 is 0 Å². The number of carbonyl (C=O) groups excluding carboxylic acids is 2. The number of ketones is 1. The summed E-state index contributed by atoms with van der Waals surface area (Å²) in [4.78, 5) is 28.1. The summed E-state index contributed by atoms with van der Waals surface area (Å²) in [5, 5.41) is 0. The van der Waals surface area contributed by atoms with Gasteiger partial charge in [-0.15, -0.1) is 0 Å². The molecule has 1 aromatic rings. The number of hydrogen-bond donors (Lipinski definition) is 0. The predicted octanol–water partition coefficient (Wildman–Crippen LogP) is 5.44. The minimum absolute atomic E-state index is 0.127. The SMILES string of the molecule is CC(=O)c1coc([C@H](CCCC2CCCCC2)CC(=O)OC(C)(C)C)n1. The molecule has 146 valence electrons. The first kappa shape index (κ1) is 20.7. The maximum atomic E-state index is 12.3. The average molecular weight is 363 g/mol. The number of aromatic nitrogens is 1. The molecule has 1 aliphatic rings. The van der Waals surface area contributed by atoms with E-state index in [2.05, 4.69) is 4.98 Å². The van der Waals surface area contributed by atoms with Crippen LogP contribution in [0.15, 0.2) is 10.7 Å². The lowest BCUT2D eigenvalue weighted by Gasteiger charge is -2.23. The third-order valence-electron chi connectivity index (χ3n) is 4.95. The molecular formula is C21H33NO4. The summed E-state index contributed by atoms with van der Waals surface area (Å²) in [7, 11) is 0. The van der Waals surface area contributed by atoms with E-state index in [-0.39, 0.29) is 24.1 Å². The first-order chi connectivity index (χ1) is 12.2. The van der Waals surface area contributed by atoms with Crippen LogP contribution in [-0.4, -0.2) is 22.3 Å². The molecule has 0 N–H and O–H groups in total. The summed E-state index contributed by atoms with van der Waals surface area (Å²) in [5.74, 6) is 0.774. The monoisotopic (exact) mass is 363 g/mol. The van der Waals surface area contributed by atoms with Crippen molar-refractivity contribution in [3.8, 4) is 0 Å².